The van der Waals surface area contributed by atoms with Gasteiger partial charge in [0.15, 0.2) is 5.92 Å². The van der Waals surface area contributed by atoms with Gasteiger partial charge in [-0.05, 0) is 13.8 Å². The van der Waals surface area contributed by atoms with E-state index in [0.717, 1.165) is 10.6 Å². The van der Waals surface area contributed by atoms with Gasteiger partial charge in [0.05, 0.1) is 12.6 Å². The van der Waals surface area contributed by atoms with Crippen LogP contribution in [0.25, 0.3) is 0 Å². The molecule has 1 atom stereocenters. The van der Waals surface area contributed by atoms with E-state index in [9.17, 15) is 18.0 Å². The van der Waals surface area contributed by atoms with Crippen molar-refractivity contribution in [2.24, 2.45) is 5.92 Å². The van der Waals surface area contributed by atoms with Crippen LogP contribution in [-0.2, 0) is 6.54 Å². The number of hydrogen-bond acceptors (Lipinski definition) is 2. The first-order valence-electron chi connectivity index (χ1n) is 5.01. The second kappa shape index (κ2) is 4.65. The molecule has 1 unspecified atom stereocenters. The highest BCUT2D eigenvalue weighted by molar-refractivity contribution is 4.92. The predicted octanol–water partition coefficient (Wildman–Crippen LogP) is 1.93. The molecule has 0 spiro atoms. The smallest absolute Gasteiger partial charge is 0.298 e. The summed E-state index contributed by atoms with van der Waals surface area (Å²) >= 11 is 0. The van der Waals surface area contributed by atoms with Crippen LogP contribution in [0.4, 0.5) is 13.2 Å². The third-order valence-corrected chi connectivity index (χ3v) is 2.36. The molecule has 94 valence electrons. The van der Waals surface area contributed by atoms with Crippen molar-refractivity contribution in [3.05, 3.63) is 22.9 Å². The van der Waals surface area contributed by atoms with Gasteiger partial charge in [-0.3, -0.25) is 9.13 Å². The van der Waals surface area contributed by atoms with E-state index in [1.165, 1.54) is 17.0 Å². The SMILES string of the molecule is CC(C)n1ccn(CC(C#N)C(F)(F)F)c1=O. The second-order valence-corrected chi connectivity index (χ2v) is 3.96. The fourth-order valence-corrected chi connectivity index (χ4v) is 1.37. The summed E-state index contributed by atoms with van der Waals surface area (Å²) in [5.74, 6) is -2.16. The fourth-order valence-electron chi connectivity index (χ4n) is 1.37. The number of nitrogens with zero attached hydrogens (tertiary/aromatic N) is 3. The molecule has 0 aromatic carbocycles. The zero-order valence-corrected chi connectivity index (χ0v) is 9.40. The molecule has 0 bridgehead atoms. The molecule has 1 aromatic heterocycles. The number of halogens is 3. The van der Waals surface area contributed by atoms with Crippen molar-refractivity contribution in [2.45, 2.75) is 32.6 Å². The van der Waals surface area contributed by atoms with Crippen LogP contribution in [0.3, 0.4) is 0 Å². The summed E-state index contributed by atoms with van der Waals surface area (Å²) in [6, 6.07) is 1.03. The van der Waals surface area contributed by atoms with E-state index >= 15 is 0 Å². The Bertz CT molecular complexity index is 478. The fraction of sp³-hybridized carbons (Fsp3) is 0.600. The number of nitriles is 1. The van der Waals surface area contributed by atoms with Gasteiger partial charge >= 0.3 is 11.9 Å². The zero-order valence-electron chi connectivity index (χ0n) is 9.40. The minimum absolute atomic E-state index is 0.129. The average Bonchev–Trinajstić information content (AvgIpc) is 2.54. The zero-order chi connectivity index (χ0) is 13.2. The average molecular weight is 247 g/mol. The van der Waals surface area contributed by atoms with E-state index in [2.05, 4.69) is 0 Å². The van der Waals surface area contributed by atoms with Crippen molar-refractivity contribution < 1.29 is 13.2 Å². The summed E-state index contributed by atoms with van der Waals surface area (Å²) < 4.78 is 39.3. The normalized spacial score (nSPS) is 13.7. The van der Waals surface area contributed by atoms with Gasteiger partial charge in [-0.25, -0.2) is 4.79 Å². The maximum absolute atomic E-state index is 12.4. The Morgan fingerprint density at radius 3 is 2.35 bits per heavy atom. The van der Waals surface area contributed by atoms with Crippen LogP contribution in [0.1, 0.15) is 19.9 Å². The third-order valence-electron chi connectivity index (χ3n) is 2.36. The van der Waals surface area contributed by atoms with Crippen LogP contribution in [0.5, 0.6) is 0 Å². The second-order valence-electron chi connectivity index (χ2n) is 3.96. The van der Waals surface area contributed by atoms with Crippen LogP contribution in [0.2, 0.25) is 0 Å². The van der Waals surface area contributed by atoms with Crippen LogP contribution >= 0.6 is 0 Å². The first-order valence-corrected chi connectivity index (χ1v) is 5.01. The van der Waals surface area contributed by atoms with E-state index in [0.29, 0.717) is 0 Å². The Morgan fingerprint density at radius 2 is 2.00 bits per heavy atom. The molecule has 0 amide bonds. The molecule has 0 radical (unpaired) electrons. The van der Waals surface area contributed by atoms with Crippen molar-refractivity contribution in [3.8, 4) is 6.07 Å². The van der Waals surface area contributed by atoms with Crippen molar-refractivity contribution >= 4 is 0 Å². The summed E-state index contributed by atoms with van der Waals surface area (Å²) in [4.78, 5) is 11.6. The van der Waals surface area contributed by atoms with Gasteiger partial charge in [0, 0.05) is 18.4 Å². The van der Waals surface area contributed by atoms with Crippen molar-refractivity contribution in [3.63, 3.8) is 0 Å². The quantitative estimate of drug-likeness (QED) is 0.819. The molecule has 0 saturated heterocycles. The molecule has 1 aromatic rings. The highest BCUT2D eigenvalue weighted by Gasteiger charge is 2.40. The molecular formula is C10H12F3N3O. The summed E-state index contributed by atoms with van der Waals surface area (Å²) in [6.07, 6.45) is -1.94. The molecular weight excluding hydrogens is 235 g/mol. The van der Waals surface area contributed by atoms with Gasteiger partial charge in [-0.15, -0.1) is 0 Å². The Balaban J connectivity index is 2.98. The molecule has 4 nitrogen and oxygen atoms in total. The van der Waals surface area contributed by atoms with E-state index < -0.39 is 24.3 Å². The van der Waals surface area contributed by atoms with Gasteiger partial charge in [-0.1, -0.05) is 0 Å². The summed E-state index contributed by atoms with van der Waals surface area (Å²) in [5, 5.41) is 8.44. The minimum atomic E-state index is -4.62. The Labute approximate surface area is 95.9 Å². The number of aromatic nitrogens is 2. The van der Waals surface area contributed by atoms with E-state index in [4.69, 9.17) is 5.26 Å². The van der Waals surface area contributed by atoms with Gasteiger partial charge < -0.3 is 0 Å². The van der Waals surface area contributed by atoms with Crippen molar-refractivity contribution in [1.82, 2.24) is 9.13 Å². The van der Waals surface area contributed by atoms with Gasteiger partial charge in [-0.2, -0.15) is 18.4 Å². The summed E-state index contributed by atoms with van der Waals surface area (Å²) in [7, 11) is 0. The maximum atomic E-state index is 12.4. The molecule has 0 N–H and O–H groups in total. The standard InChI is InChI=1S/C10H12F3N3O/c1-7(2)16-4-3-15(9(16)17)6-8(5-14)10(11,12)13/h3-4,7-8H,6H2,1-2H3. The molecule has 7 heteroatoms. The minimum Gasteiger partial charge on any atom is -0.298 e. The Hall–Kier alpha value is -1.71. The highest BCUT2D eigenvalue weighted by atomic mass is 19.4. The maximum Gasteiger partial charge on any atom is 0.406 e. The molecule has 0 aliphatic heterocycles. The van der Waals surface area contributed by atoms with Crippen LogP contribution < -0.4 is 5.69 Å². The van der Waals surface area contributed by atoms with E-state index in [1.807, 2.05) is 0 Å². The van der Waals surface area contributed by atoms with Crippen LogP contribution in [0.15, 0.2) is 17.2 Å². The molecule has 0 aliphatic rings. The molecule has 0 saturated carbocycles. The predicted molar refractivity (Wildman–Crippen MR) is 54.2 cm³/mol. The number of alkyl halides is 3. The van der Waals surface area contributed by atoms with Crippen LogP contribution in [0, 0.1) is 17.2 Å². The molecule has 1 rings (SSSR count). The Morgan fingerprint density at radius 1 is 1.41 bits per heavy atom. The number of imidazole rings is 1. The van der Waals surface area contributed by atoms with Gasteiger partial charge in [0.2, 0.25) is 0 Å². The first-order chi connectivity index (χ1) is 7.77. The molecule has 17 heavy (non-hydrogen) atoms. The molecule has 0 fully saturated rings. The lowest BCUT2D eigenvalue weighted by molar-refractivity contribution is -0.162. The third kappa shape index (κ3) is 2.90. The van der Waals surface area contributed by atoms with Crippen molar-refractivity contribution in [1.29, 1.82) is 5.26 Å². The topological polar surface area (TPSA) is 50.7 Å². The summed E-state index contributed by atoms with van der Waals surface area (Å²) in [5.41, 5.74) is -0.537. The lowest BCUT2D eigenvalue weighted by Gasteiger charge is -2.13. The van der Waals surface area contributed by atoms with Crippen LogP contribution in [-0.4, -0.2) is 15.3 Å². The van der Waals surface area contributed by atoms with Gasteiger partial charge in [0.1, 0.15) is 0 Å². The lowest BCUT2D eigenvalue weighted by atomic mass is 10.1. The monoisotopic (exact) mass is 247 g/mol. The summed E-state index contributed by atoms with van der Waals surface area (Å²) in [6.45, 7) is 2.83. The largest absolute Gasteiger partial charge is 0.406 e. The number of hydrogen-bond donors (Lipinski definition) is 0. The molecule has 1 heterocycles. The lowest BCUT2D eigenvalue weighted by Crippen LogP contribution is -2.32. The van der Waals surface area contributed by atoms with E-state index in [1.54, 1.807) is 13.8 Å². The molecule has 0 aliphatic carbocycles. The van der Waals surface area contributed by atoms with Gasteiger partial charge in [0.25, 0.3) is 0 Å². The van der Waals surface area contributed by atoms with Crippen molar-refractivity contribution in [2.75, 3.05) is 0 Å². The Kier molecular flexibility index (Phi) is 3.66. The van der Waals surface area contributed by atoms with E-state index in [-0.39, 0.29) is 6.04 Å². The number of rotatable bonds is 3. The highest BCUT2D eigenvalue weighted by Crippen LogP contribution is 2.26. The first kappa shape index (κ1) is 13.4.